The van der Waals surface area contributed by atoms with Crippen LogP contribution >= 0.6 is 0 Å². The van der Waals surface area contributed by atoms with E-state index in [0.29, 0.717) is 5.69 Å². The molecule has 0 atom stereocenters. The second-order valence-corrected chi connectivity index (χ2v) is 3.27. The number of aromatic nitrogens is 3. The Balaban J connectivity index is 2.56. The number of carbonyl (C=O) groups excluding carboxylic acids is 1. The van der Waals surface area contributed by atoms with E-state index in [1.165, 1.54) is 7.11 Å². The van der Waals surface area contributed by atoms with Crippen LogP contribution < -0.4 is 0 Å². The Labute approximate surface area is 92.7 Å². The van der Waals surface area contributed by atoms with E-state index in [1.54, 1.807) is 11.7 Å². The van der Waals surface area contributed by atoms with E-state index in [1.807, 2.05) is 30.3 Å². The highest BCUT2D eigenvalue weighted by molar-refractivity contribution is 5.93. The van der Waals surface area contributed by atoms with Crippen molar-refractivity contribution < 1.29 is 9.53 Å². The molecule has 0 unspecified atom stereocenters. The predicted octanol–water partition coefficient (Wildman–Crippen LogP) is 1.27. The summed E-state index contributed by atoms with van der Waals surface area (Å²) < 4.78 is 6.21. The molecule has 5 heteroatoms. The molecule has 82 valence electrons. The minimum atomic E-state index is -0.480. The van der Waals surface area contributed by atoms with Crippen LogP contribution in [0.1, 0.15) is 10.5 Å². The normalized spacial score (nSPS) is 10.1. The van der Waals surface area contributed by atoms with Gasteiger partial charge in [0.15, 0.2) is 5.69 Å². The summed E-state index contributed by atoms with van der Waals surface area (Å²) in [7, 11) is 3.06. The first-order valence-electron chi connectivity index (χ1n) is 4.77. The molecule has 0 aliphatic carbocycles. The van der Waals surface area contributed by atoms with Crippen LogP contribution in [-0.2, 0) is 11.8 Å². The smallest absolute Gasteiger partial charge is 0.360 e. The average molecular weight is 217 g/mol. The SMILES string of the molecule is COC(=O)c1nnn(C)c1-c1ccccc1. The quantitative estimate of drug-likeness (QED) is 0.711. The molecule has 1 aromatic carbocycles. The van der Waals surface area contributed by atoms with E-state index in [9.17, 15) is 4.79 Å². The molecule has 16 heavy (non-hydrogen) atoms. The molecule has 2 rings (SSSR count). The van der Waals surface area contributed by atoms with Crippen molar-refractivity contribution in [3.05, 3.63) is 36.0 Å². The maximum atomic E-state index is 11.5. The molecule has 1 heterocycles. The van der Waals surface area contributed by atoms with Crippen molar-refractivity contribution >= 4 is 5.97 Å². The van der Waals surface area contributed by atoms with Gasteiger partial charge in [0, 0.05) is 12.6 Å². The van der Waals surface area contributed by atoms with Crippen molar-refractivity contribution in [1.82, 2.24) is 15.0 Å². The van der Waals surface area contributed by atoms with E-state index in [-0.39, 0.29) is 5.69 Å². The molecule has 0 aliphatic heterocycles. The summed E-state index contributed by atoms with van der Waals surface area (Å²) in [6, 6.07) is 9.48. The molecule has 0 amide bonds. The molecule has 0 radical (unpaired) electrons. The van der Waals surface area contributed by atoms with E-state index < -0.39 is 5.97 Å². The molecule has 1 aromatic heterocycles. The second-order valence-electron chi connectivity index (χ2n) is 3.27. The van der Waals surface area contributed by atoms with Gasteiger partial charge in [0.2, 0.25) is 0 Å². The van der Waals surface area contributed by atoms with Crippen molar-refractivity contribution in [2.45, 2.75) is 0 Å². The number of rotatable bonds is 2. The van der Waals surface area contributed by atoms with E-state index in [4.69, 9.17) is 0 Å². The summed E-state index contributed by atoms with van der Waals surface area (Å²) in [4.78, 5) is 11.5. The van der Waals surface area contributed by atoms with Crippen LogP contribution in [0.25, 0.3) is 11.3 Å². The van der Waals surface area contributed by atoms with Gasteiger partial charge in [-0.25, -0.2) is 9.48 Å². The lowest BCUT2D eigenvalue weighted by Crippen LogP contribution is -2.04. The van der Waals surface area contributed by atoms with Crippen LogP contribution in [0.15, 0.2) is 30.3 Å². The number of methoxy groups -OCH3 is 1. The zero-order chi connectivity index (χ0) is 11.5. The lowest BCUT2D eigenvalue weighted by atomic mass is 10.1. The van der Waals surface area contributed by atoms with Crippen LogP contribution in [0.4, 0.5) is 0 Å². The summed E-state index contributed by atoms with van der Waals surface area (Å²) >= 11 is 0. The van der Waals surface area contributed by atoms with Gasteiger partial charge in [-0.15, -0.1) is 5.10 Å². The molecule has 2 aromatic rings. The Morgan fingerprint density at radius 1 is 1.31 bits per heavy atom. The van der Waals surface area contributed by atoms with Gasteiger partial charge >= 0.3 is 5.97 Å². The van der Waals surface area contributed by atoms with Gasteiger partial charge in [-0.3, -0.25) is 0 Å². The molecule has 0 saturated carbocycles. The first kappa shape index (κ1) is 10.4. The monoisotopic (exact) mass is 217 g/mol. The average Bonchev–Trinajstić information content (AvgIpc) is 2.71. The lowest BCUT2D eigenvalue weighted by molar-refractivity contribution is 0.0595. The van der Waals surface area contributed by atoms with Gasteiger partial charge in [-0.1, -0.05) is 35.5 Å². The lowest BCUT2D eigenvalue weighted by Gasteiger charge is -2.02. The fraction of sp³-hybridized carbons (Fsp3) is 0.182. The highest BCUT2D eigenvalue weighted by atomic mass is 16.5. The second kappa shape index (κ2) is 4.14. The Morgan fingerprint density at radius 2 is 2.00 bits per heavy atom. The standard InChI is InChI=1S/C11H11N3O2/c1-14-10(8-6-4-3-5-7-8)9(12-13-14)11(15)16-2/h3-7H,1-2H3. The Kier molecular flexibility index (Phi) is 2.68. The number of benzene rings is 1. The van der Waals surface area contributed by atoms with Crippen molar-refractivity contribution in [3.63, 3.8) is 0 Å². The third-order valence-corrected chi connectivity index (χ3v) is 2.25. The Hall–Kier alpha value is -2.17. The van der Waals surface area contributed by atoms with Crippen molar-refractivity contribution in [2.75, 3.05) is 7.11 Å². The Morgan fingerprint density at radius 3 is 2.62 bits per heavy atom. The number of esters is 1. The Bertz CT molecular complexity index is 505. The summed E-state index contributed by atoms with van der Waals surface area (Å²) in [6.45, 7) is 0. The topological polar surface area (TPSA) is 57.0 Å². The van der Waals surface area contributed by atoms with Crippen LogP contribution in [0, 0.1) is 0 Å². The minimum absolute atomic E-state index is 0.233. The molecule has 0 fully saturated rings. The van der Waals surface area contributed by atoms with Crippen LogP contribution in [0.2, 0.25) is 0 Å². The maximum Gasteiger partial charge on any atom is 0.360 e. The van der Waals surface area contributed by atoms with Gasteiger partial charge in [0.1, 0.15) is 5.69 Å². The van der Waals surface area contributed by atoms with Crippen molar-refractivity contribution in [2.24, 2.45) is 7.05 Å². The number of aryl methyl sites for hydroxylation is 1. The number of hydrogen-bond donors (Lipinski definition) is 0. The number of nitrogens with zero attached hydrogens (tertiary/aromatic N) is 3. The van der Waals surface area contributed by atoms with Crippen LogP contribution in [0.3, 0.4) is 0 Å². The molecule has 0 aliphatic rings. The van der Waals surface area contributed by atoms with E-state index in [2.05, 4.69) is 15.0 Å². The fourth-order valence-corrected chi connectivity index (χ4v) is 1.51. The molecule has 0 N–H and O–H groups in total. The molecule has 5 nitrogen and oxygen atoms in total. The van der Waals surface area contributed by atoms with Gasteiger partial charge in [-0.05, 0) is 0 Å². The van der Waals surface area contributed by atoms with Gasteiger partial charge in [0.05, 0.1) is 7.11 Å². The molecular weight excluding hydrogens is 206 g/mol. The van der Waals surface area contributed by atoms with Gasteiger partial charge in [0.25, 0.3) is 0 Å². The number of ether oxygens (including phenoxy) is 1. The van der Waals surface area contributed by atoms with Crippen molar-refractivity contribution in [3.8, 4) is 11.3 Å². The van der Waals surface area contributed by atoms with Crippen LogP contribution in [-0.4, -0.2) is 28.1 Å². The molecule has 0 spiro atoms. The number of carbonyl (C=O) groups is 1. The predicted molar refractivity (Wildman–Crippen MR) is 57.8 cm³/mol. The molecular formula is C11H11N3O2. The summed E-state index contributed by atoms with van der Waals surface area (Å²) in [5.74, 6) is -0.480. The summed E-state index contributed by atoms with van der Waals surface area (Å²) in [5, 5.41) is 7.63. The number of hydrogen-bond acceptors (Lipinski definition) is 4. The first-order chi connectivity index (χ1) is 7.74. The zero-order valence-electron chi connectivity index (χ0n) is 9.04. The minimum Gasteiger partial charge on any atom is -0.464 e. The highest BCUT2D eigenvalue weighted by Gasteiger charge is 2.19. The highest BCUT2D eigenvalue weighted by Crippen LogP contribution is 2.21. The van der Waals surface area contributed by atoms with E-state index in [0.717, 1.165) is 5.56 Å². The van der Waals surface area contributed by atoms with E-state index >= 15 is 0 Å². The maximum absolute atomic E-state index is 11.5. The third kappa shape index (κ3) is 1.67. The van der Waals surface area contributed by atoms with Gasteiger partial charge in [-0.2, -0.15) is 0 Å². The largest absolute Gasteiger partial charge is 0.464 e. The zero-order valence-corrected chi connectivity index (χ0v) is 9.04. The molecule has 0 saturated heterocycles. The van der Waals surface area contributed by atoms with Crippen molar-refractivity contribution in [1.29, 1.82) is 0 Å². The fourth-order valence-electron chi connectivity index (χ4n) is 1.51. The van der Waals surface area contributed by atoms with Gasteiger partial charge < -0.3 is 4.74 Å². The van der Waals surface area contributed by atoms with Crippen LogP contribution in [0.5, 0.6) is 0 Å². The first-order valence-corrected chi connectivity index (χ1v) is 4.77. The summed E-state index contributed by atoms with van der Waals surface area (Å²) in [5.41, 5.74) is 1.78. The summed E-state index contributed by atoms with van der Waals surface area (Å²) in [6.07, 6.45) is 0. The third-order valence-electron chi connectivity index (χ3n) is 2.25. The molecule has 0 bridgehead atoms.